The van der Waals surface area contributed by atoms with Gasteiger partial charge < -0.3 is 19.4 Å². The first-order valence-electron chi connectivity index (χ1n) is 0.601. The van der Waals surface area contributed by atoms with Crippen LogP contribution in [0.25, 0.3) is 0 Å². The molecule has 0 fully saturated rings. The molecule has 0 saturated heterocycles. The summed E-state index contributed by atoms with van der Waals surface area (Å²) in [6.45, 7) is 3.25. The Morgan fingerprint density at radius 3 is 1.29 bits per heavy atom. The summed E-state index contributed by atoms with van der Waals surface area (Å²) in [4.78, 5) is 7.75. The molecule has 0 aliphatic carbocycles. The van der Waals surface area contributed by atoms with Crippen molar-refractivity contribution in [2.75, 3.05) is 0 Å². The van der Waals surface area contributed by atoms with E-state index in [1.54, 1.807) is 0 Å². The van der Waals surface area contributed by atoms with Crippen molar-refractivity contribution >= 4 is 19.1 Å². The van der Waals surface area contributed by atoms with Crippen molar-refractivity contribution in [3.05, 3.63) is 0 Å². The monoisotopic (exact) mass is 136 g/mol. The van der Waals surface area contributed by atoms with Crippen LogP contribution in [-0.4, -0.2) is 21.4 Å². The minimum atomic E-state index is -0.250. The molecule has 7 heavy (non-hydrogen) atoms. The summed E-state index contributed by atoms with van der Waals surface area (Å²) in [5, 5.41) is 0. The predicted octanol–water partition coefficient (Wildman–Crippen LogP) is -3.43. The Labute approximate surface area is 67.9 Å². The predicted molar refractivity (Wildman–Crippen MR) is 23.2 cm³/mol. The third-order valence-corrected chi connectivity index (χ3v) is 0. The van der Waals surface area contributed by atoms with E-state index in [1.165, 1.54) is 0 Å². The second-order valence-electron chi connectivity index (χ2n) is 0.0816. The number of hydrogen-bond acceptors (Lipinski definition) is 4. The van der Waals surface area contributed by atoms with Gasteiger partial charge >= 0.3 is 29.6 Å². The summed E-state index contributed by atoms with van der Waals surface area (Å²) in [6, 6.07) is 0. The van der Waals surface area contributed by atoms with Crippen molar-refractivity contribution in [1.29, 1.82) is 0 Å². The van der Waals surface area contributed by atoms with E-state index in [-0.39, 0.29) is 47.4 Å². The van der Waals surface area contributed by atoms with Gasteiger partial charge in [0.15, 0.2) is 12.3 Å². The summed E-state index contributed by atoms with van der Waals surface area (Å²) in [5.41, 5.74) is 0. The molecule has 0 radical (unpaired) electrons. The minimum absolute atomic E-state index is 0. The number of carbonyl (C=O) groups excluding carboxylic acids is 1. The second-order valence-corrected chi connectivity index (χ2v) is 0.245. The zero-order valence-corrected chi connectivity index (χ0v) is 6.60. The van der Waals surface area contributed by atoms with Gasteiger partial charge in [0, 0.05) is 0 Å². The molecule has 0 rings (SSSR count). The maximum atomic E-state index is 7.75. The van der Waals surface area contributed by atoms with Crippen LogP contribution in [0.5, 0.6) is 0 Å². The topological polar surface area (TPSA) is 89.0 Å². The molecule has 0 saturated carbocycles. The fourth-order valence-corrected chi connectivity index (χ4v) is 0. The molecule has 0 atom stereocenters. The van der Waals surface area contributed by atoms with E-state index in [0.717, 1.165) is 0 Å². The second kappa shape index (κ2) is 66.5. The zero-order valence-electron chi connectivity index (χ0n) is 3.79. The molecular formula is CH5NaO4S. The minimum Gasteiger partial charge on any atom is -0.545 e. The van der Waals surface area contributed by atoms with Crippen LogP contribution < -0.4 is 29.6 Å². The van der Waals surface area contributed by atoms with Crippen LogP contribution in [0.1, 0.15) is 0 Å². The van der Waals surface area contributed by atoms with Gasteiger partial charge in [0.1, 0.15) is 0 Å². The molecule has 0 bridgehead atoms. The van der Waals surface area contributed by atoms with Gasteiger partial charge in [0.05, 0.1) is 0 Å². The fraction of sp³-hybridized carbons (Fsp3) is 0. The van der Waals surface area contributed by atoms with Gasteiger partial charge in [-0.15, -0.1) is 0 Å². The Bertz CT molecular complexity index is 15.7. The van der Waals surface area contributed by atoms with Crippen LogP contribution in [0.3, 0.4) is 0 Å². The SMILES string of the molecule is O.OSO.[CH-]=O.[Na+]. The maximum Gasteiger partial charge on any atom is 1.00 e. The molecule has 0 aromatic rings. The van der Waals surface area contributed by atoms with Crippen LogP contribution in [0, 0.1) is 0 Å². The van der Waals surface area contributed by atoms with Gasteiger partial charge in [0.2, 0.25) is 0 Å². The van der Waals surface area contributed by atoms with E-state index in [2.05, 4.69) is 6.79 Å². The van der Waals surface area contributed by atoms with Gasteiger partial charge in [0.25, 0.3) is 0 Å². The Morgan fingerprint density at radius 1 is 1.29 bits per heavy atom. The molecule has 0 heterocycles. The van der Waals surface area contributed by atoms with Crippen LogP contribution in [0.2, 0.25) is 0 Å². The molecule has 0 aromatic carbocycles. The van der Waals surface area contributed by atoms with Crippen molar-refractivity contribution < 1.29 is 48.9 Å². The van der Waals surface area contributed by atoms with E-state index >= 15 is 0 Å². The van der Waals surface area contributed by atoms with Gasteiger partial charge in [-0.2, -0.15) is 0 Å². The van der Waals surface area contributed by atoms with Crippen LogP contribution in [0.15, 0.2) is 0 Å². The van der Waals surface area contributed by atoms with Crippen molar-refractivity contribution in [1.82, 2.24) is 0 Å². The van der Waals surface area contributed by atoms with Gasteiger partial charge in [-0.05, 0) is 0 Å². The van der Waals surface area contributed by atoms with E-state index in [1.807, 2.05) is 0 Å². The Kier molecular flexibility index (Phi) is 235. The van der Waals surface area contributed by atoms with Crippen molar-refractivity contribution in [3.63, 3.8) is 0 Å². The molecule has 0 aromatic heterocycles. The average Bonchev–Trinajstić information content (AvgIpc) is 1.46. The third-order valence-electron chi connectivity index (χ3n) is 0. The Balaban J connectivity index is -0.0000000105. The van der Waals surface area contributed by atoms with Crippen LogP contribution in [-0.2, 0) is 4.79 Å². The van der Waals surface area contributed by atoms with E-state index in [0.29, 0.717) is 0 Å². The van der Waals surface area contributed by atoms with Crippen LogP contribution >= 0.6 is 12.3 Å². The van der Waals surface area contributed by atoms with E-state index in [9.17, 15) is 0 Å². The molecule has 6 heteroatoms. The normalized spacial score (nSPS) is 3.14. The average molecular weight is 136 g/mol. The van der Waals surface area contributed by atoms with Crippen molar-refractivity contribution in [2.45, 2.75) is 0 Å². The third kappa shape index (κ3) is 205. The smallest absolute Gasteiger partial charge is 0.545 e. The molecular weight excluding hydrogens is 131 g/mol. The van der Waals surface area contributed by atoms with Crippen LogP contribution in [0.4, 0.5) is 0 Å². The van der Waals surface area contributed by atoms with Crippen molar-refractivity contribution in [2.24, 2.45) is 0 Å². The Hall–Kier alpha value is 0.900. The molecule has 0 aliphatic rings. The maximum absolute atomic E-state index is 7.75. The first-order valence-corrected chi connectivity index (χ1v) is 1.33. The Morgan fingerprint density at radius 2 is 1.29 bits per heavy atom. The molecule has 0 aliphatic heterocycles. The molecule has 4 nitrogen and oxygen atoms in total. The zero-order chi connectivity index (χ0) is 4.71. The molecule has 0 unspecified atom stereocenters. The van der Waals surface area contributed by atoms with Crippen molar-refractivity contribution in [3.8, 4) is 0 Å². The fourth-order valence-electron chi connectivity index (χ4n) is 0. The molecule has 4 N–H and O–H groups in total. The largest absolute Gasteiger partial charge is 1.00 e. The molecule has 0 amide bonds. The van der Waals surface area contributed by atoms with Gasteiger partial charge in [-0.3, -0.25) is 6.79 Å². The van der Waals surface area contributed by atoms with E-state index < -0.39 is 0 Å². The summed E-state index contributed by atoms with van der Waals surface area (Å²) in [7, 11) is 0. The summed E-state index contributed by atoms with van der Waals surface area (Å²) < 4.78 is 14.1. The molecule has 40 valence electrons. The van der Waals surface area contributed by atoms with Gasteiger partial charge in [-0.25, -0.2) is 0 Å². The number of rotatable bonds is 0. The summed E-state index contributed by atoms with van der Waals surface area (Å²) in [6.07, 6.45) is 0. The van der Waals surface area contributed by atoms with Gasteiger partial charge in [-0.1, -0.05) is 0 Å². The first kappa shape index (κ1) is 24.7. The molecule has 0 spiro atoms. The quantitative estimate of drug-likeness (QED) is 0.157. The summed E-state index contributed by atoms with van der Waals surface area (Å²) >= 11 is -0.250. The van der Waals surface area contributed by atoms with E-state index in [4.69, 9.17) is 13.9 Å². The number of hydrogen-bond donors (Lipinski definition) is 2. The summed E-state index contributed by atoms with van der Waals surface area (Å²) in [5.74, 6) is 0. The first-order chi connectivity index (χ1) is 2.41. The standard InChI is InChI=1S/CHO.Na.H2O2S.H2O/c1-2;;1-3-2;/h1H;;1-2H;1H2/q-1;+1;;.